The monoisotopic (exact) mass is 353 g/mol. The van der Waals surface area contributed by atoms with Gasteiger partial charge < -0.3 is 25.3 Å². The lowest BCUT2D eigenvalue weighted by Gasteiger charge is -2.13. The third-order valence-electron chi connectivity index (χ3n) is 3.35. The summed E-state index contributed by atoms with van der Waals surface area (Å²) in [6.45, 7) is -0.671. The molecule has 0 fully saturated rings. The van der Waals surface area contributed by atoms with Crippen LogP contribution >= 0.6 is 0 Å². The molecule has 2 rings (SSSR count). The molecule has 134 valence electrons. The number of hydrogen-bond acceptors (Lipinski definition) is 5. The largest absolute Gasteiger partial charge is 0.548 e. The molecule has 2 amide bonds. The number of amides is 2. The standard InChI is InChI=1S/C19H18N2O5/c1-26-16-10-6-5-9-14(16)18(24)21-15(19(25)20-12-17(22)23)11-13-7-3-2-4-8-13/h2-11H,12H2,1H3,(H,20,25)(H,21,24)(H,22,23)/p-1/b15-11+. The third-order valence-corrected chi connectivity index (χ3v) is 3.35. The molecule has 7 nitrogen and oxygen atoms in total. The number of para-hydroxylation sites is 1. The Bertz CT molecular complexity index is 831. The highest BCUT2D eigenvalue weighted by Crippen LogP contribution is 2.17. The fourth-order valence-electron chi connectivity index (χ4n) is 2.14. The Balaban J connectivity index is 2.28. The quantitative estimate of drug-likeness (QED) is 0.698. The van der Waals surface area contributed by atoms with Crippen LogP contribution in [0.25, 0.3) is 6.08 Å². The van der Waals surface area contributed by atoms with Crippen LogP contribution in [0.1, 0.15) is 15.9 Å². The first kappa shape index (κ1) is 18.7. The number of carboxylic acid groups (broad SMARTS) is 1. The number of carbonyl (C=O) groups excluding carboxylic acids is 3. The van der Waals surface area contributed by atoms with Gasteiger partial charge in [0.25, 0.3) is 11.8 Å². The van der Waals surface area contributed by atoms with E-state index in [1.807, 2.05) is 0 Å². The maximum atomic E-state index is 12.5. The molecule has 0 saturated carbocycles. The molecule has 0 radical (unpaired) electrons. The first-order valence-corrected chi connectivity index (χ1v) is 7.70. The smallest absolute Gasteiger partial charge is 0.268 e. The number of benzene rings is 2. The Labute approximate surface area is 150 Å². The van der Waals surface area contributed by atoms with Gasteiger partial charge in [0, 0.05) is 0 Å². The molecular weight excluding hydrogens is 336 g/mol. The first-order valence-electron chi connectivity index (χ1n) is 7.70. The molecule has 0 heterocycles. The van der Waals surface area contributed by atoms with E-state index in [9.17, 15) is 19.5 Å². The molecule has 0 aromatic heterocycles. The van der Waals surface area contributed by atoms with Crippen molar-refractivity contribution in [3.05, 3.63) is 71.4 Å². The summed E-state index contributed by atoms with van der Waals surface area (Å²) in [5, 5.41) is 15.2. The first-order chi connectivity index (χ1) is 12.5. The molecule has 0 aliphatic carbocycles. The Morgan fingerprint density at radius 3 is 2.35 bits per heavy atom. The molecule has 0 spiro atoms. The van der Waals surface area contributed by atoms with E-state index in [0.717, 1.165) is 0 Å². The SMILES string of the molecule is COc1ccccc1C(=O)N/C(=C/c1ccccc1)C(=O)NCC(=O)[O-]. The van der Waals surface area contributed by atoms with Crippen LogP contribution in [-0.2, 0) is 9.59 Å². The Kier molecular flexibility index (Phi) is 6.50. The third kappa shape index (κ3) is 5.20. The zero-order valence-electron chi connectivity index (χ0n) is 14.0. The molecule has 26 heavy (non-hydrogen) atoms. The van der Waals surface area contributed by atoms with Gasteiger partial charge in [0.1, 0.15) is 11.4 Å². The zero-order valence-corrected chi connectivity index (χ0v) is 14.0. The van der Waals surface area contributed by atoms with E-state index in [1.54, 1.807) is 54.6 Å². The lowest BCUT2D eigenvalue weighted by molar-refractivity contribution is -0.303. The highest BCUT2D eigenvalue weighted by molar-refractivity contribution is 6.06. The van der Waals surface area contributed by atoms with Crippen molar-refractivity contribution in [2.75, 3.05) is 13.7 Å². The molecule has 0 bridgehead atoms. The molecule has 2 aromatic rings. The Morgan fingerprint density at radius 2 is 1.69 bits per heavy atom. The second kappa shape index (κ2) is 9.03. The number of hydrogen-bond donors (Lipinski definition) is 2. The minimum atomic E-state index is -1.44. The summed E-state index contributed by atoms with van der Waals surface area (Å²) >= 11 is 0. The molecule has 7 heteroatoms. The van der Waals surface area contributed by atoms with E-state index in [2.05, 4.69) is 10.6 Å². The number of rotatable bonds is 7. The Hall–Kier alpha value is -3.61. The predicted octanol–water partition coefficient (Wildman–Crippen LogP) is 0.332. The average molecular weight is 353 g/mol. The van der Waals surface area contributed by atoms with Crippen LogP contribution in [0.5, 0.6) is 5.75 Å². The van der Waals surface area contributed by atoms with E-state index in [-0.39, 0.29) is 11.3 Å². The molecule has 2 aromatic carbocycles. The van der Waals surface area contributed by atoms with Gasteiger partial charge in [0.15, 0.2) is 0 Å². The maximum absolute atomic E-state index is 12.5. The highest BCUT2D eigenvalue weighted by Gasteiger charge is 2.17. The highest BCUT2D eigenvalue weighted by atomic mass is 16.5. The molecule has 0 aliphatic rings. The minimum absolute atomic E-state index is 0.103. The molecule has 0 aliphatic heterocycles. The lowest BCUT2D eigenvalue weighted by Crippen LogP contribution is -2.41. The number of methoxy groups -OCH3 is 1. The minimum Gasteiger partial charge on any atom is -0.548 e. The molecule has 0 unspecified atom stereocenters. The molecule has 0 saturated heterocycles. The second-order valence-corrected chi connectivity index (χ2v) is 5.18. The van der Waals surface area contributed by atoms with Gasteiger partial charge in [-0.15, -0.1) is 0 Å². The van der Waals surface area contributed by atoms with E-state index < -0.39 is 24.3 Å². The van der Waals surface area contributed by atoms with Crippen LogP contribution in [0.15, 0.2) is 60.3 Å². The fourth-order valence-corrected chi connectivity index (χ4v) is 2.14. The van der Waals surface area contributed by atoms with Crippen molar-refractivity contribution < 1.29 is 24.2 Å². The molecular formula is C19H17N2O5-. The van der Waals surface area contributed by atoms with Crippen LogP contribution in [0, 0.1) is 0 Å². The number of nitrogens with one attached hydrogen (secondary N) is 2. The summed E-state index contributed by atoms with van der Waals surface area (Å²) < 4.78 is 5.14. The summed E-state index contributed by atoms with van der Waals surface area (Å²) in [6.07, 6.45) is 1.44. The van der Waals surface area contributed by atoms with Crippen molar-refractivity contribution in [1.29, 1.82) is 0 Å². The summed E-state index contributed by atoms with van der Waals surface area (Å²) in [7, 11) is 1.43. The van der Waals surface area contributed by atoms with Gasteiger partial charge in [0.05, 0.1) is 25.2 Å². The van der Waals surface area contributed by atoms with Gasteiger partial charge >= 0.3 is 0 Å². The lowest BCUT2D eigenvalue weighted by atomic mass is 10.1. The van der Waals surface area contributed by atoms with Gasteiger partial charge in [-0.05, 0) is 23.8 Å². The van der Waals surface area contributed by atoms with Gasteiger partial charge in [-0.25, -0.2) is 0 Å². The van der Waals surface area contributed by atoms with Gasteiger partial charge in [0.2, 0.25) is 0 Å². The van der Waals surface area contributed by atoms with Crippen molar-refractivity contribution in [2.45, 2.75) is 0 Å². The number of carboxylic acids is 1. The normalized spacial score (nSPS) is 10.7. The van der Waals surface area contributed by atoms with Crippen molar-refractivity contribution in [2.24, 2.45) is 0 Å². The van der Waals surface area contributed by atoms with E-state index in [0.29, 0.717) is 11.3 Å². The summed E-state index contributed by atoms with van der Waals surface area (Å²) in [5.74, 6) is -2.40. The van der Waals surface area contributed by atoms with Crippen molar-refractivity contribution in [3.8, 4) is 5.75 Å². The average Bonchev–Trinajstić information content (AvgIpc) is 2.66. The van der Waals surface area contributed by atoms with Crippen molar-refractivity contribution >= 4 is 23.9 Å². The second-order valence-electron chi connectivity index (χ2n) is 5.18. The summed E-state index contributed by atoms with van der Waals surface area (Å²) in [4.78, 5) is 35.3. The van der Waals surface area contributed by atoms with E-state index in [1.165, 1.54) is 13.2 Å². The van der Waals surface area contributed by atoms with Gasteiger partial charge in [-0.1, -0.05) is 42.5 Å². The van der Waals surface area contributed by atoms with Crippen LogP contribution in [0.2, 0.25) is 0 Å². The van der Waals surface area contributed by atoms with Crippen molar-refractivity contribution in [1.82, 2.24) is 10.6 Å². The predicted molar refractivity (Wildman–Crippen MR) is 92.9 cm³/mol. The van der Waals surface area contributed by atoms with Crippen LogP contribution in [0.4, 0.5) is 0 Å². The van der Waals surface area contributed by atoms with Gasteiger partial charge in [-0.2, -0.15) is 0 Å². The molecule has 2 N–H and O–H groups in total. The Morgan fingerprint density at radius 1 is 1.04 bits per heavy atom. The van der Waals surface area contributed by atoms with E-state index in [4.69, 9.17) is 4.74 Å². The number of carbonyl (C=O) groups is 3. The van der Waals surface area contributed by atoms with Crippen molar-refractivity contribution in [3.63, 3.8) is 0 Å². The maximum Gasteiger partial charge on any atom is 0.268 e. The fraction of sp³-hybridized carbons (Fsp3) is 0.105. The molecule has 0 atom stereocenters. The van der Waals surface area contributed by atoms with Crippen LogP contribution in [0.3, 0.4) is 0 Å². The zero-order chi connectivity index (χ0) is 18.9. The van der Waals surface area contributed by atoms with Crippen LogP contribution in [-0.4, -0.2) is 31.4 Å². The summed E-state index contributed by atoms with van der Waals surface area (Å²) in [5.41, 5.74) is 0.793. The number of aliphatic carboxylic acids is 1. The van der Waals surface area contributed by atoms with Crippen LogP contribution < -0.4 is 20.5 Å². The van der Waals surface area contributed by atoms with Gasteiger partial charge in [-0.3, -0.25) is 9.59 Å². The van der Waals surface area contributed by atoms with E-state index >= 15 is 0 Å². The number of ether oxygens (including phenoxy) is 1. The topological polar surface area (TPSA) is 108 Å². The summed E-state index contributed by atoms with van der Waals surface area (Å²) in [6, 6.07) is 15.4.